The first-order chi connectivity index (χ1) is 13.0. The number of hydrogen-bond donors (Lipinski definition) is 2. The second-order valence-corrected chi connectivity index (χ2v) is 8.15. The van der Waals surface area contributed by atoms with E-state index in [9.17, 15) is 14.4 Å². The SMILES string of the molecule is C[C@@H]1CCCC[C@]12NC(=O)N(CC(=O)N[C@H]1CCCc3ccccc31)C2=O. The molecule has 3 atom stereocenters. The fraction of sp³-hybridized carbons (Fsp3) is 0.571. The number of carbonyl (C=O) groups is 3. The molecule has 1 spiro atoms. The smallest absolute Gasteiger partial charge is 0.325 e. The highest BCUT2D eigenvalue weighted by atomic mass is 16.2. The Morgan fingerprint density at radius 2 is 2.04 bits per heavy atom. The maximum atomic E-state index is 13.0. The van der Waals surface area contributed by atoms with Gasteiger partial charge in [-0.3, -0.25) is 14.5 Å². The van der Waals surface area contributed by atoms with Crippen molar-refractivity contribution in [3.05, 3.63) is 35.4 Å². The van der Waals surface area contributed by atoms with E-state index in [4.69, 9.17) is 0 Å². The lowest BCUT2D eigenvalue weighted by Gasteiger charge is -2.36. The normalized spacial score (nSPS) is 30.2. The summed E-state index contributed by atoms with van der Waals surface area (Å²) in [7, 11) is 0. The first-order valence-corrected chi connectivity index (χ1v) is 10.0. The number of imide groups is 1. The predicted molar refractivity (Wildman–Crippen MR) is 101 cm³/mol. The van der Waals surface area contributed by atoms with Crippen molar-refractivity contribution < 1.29 is 14.4 Å². The highest BCUT2D eigenvalue weighted by Crippen LogP contribution is 2.38. The summed E-state index contributed by atoms with van der Waals surface area (Å²) in [5.41, 5.74) is 1.60. The Morgan fingerprint density at radius 1 is 1.22 bits per heavy atom. The summed E-state index contributed by atoms with van der Waals surface area (Å²) < 4.78 is 0. The van der Waals surface area contributed by atoms with Crippen LogP contribution in [0.25, 0.3) is 0 Å². The van der Waals surface area contributed by atoms with Gasteiger partial charge in [-0.2, -0.15) is 0 Å². The molecule has 2 aliphatic carbocycles. The molecule has 2 fully saturated rings. The Bertz CT molecular complexity index is 778. The van der Waals surface area contributed by atoms with Gasteiger partial charge in [0, 0.05) is 0 Å². The van der Waals surface area contributed by atoms with Gasteiger partial charge < -0.3 is 10.6 Å². The molecule has 1 aromatic carbocycles. The zero-order valence-corrected chi connectivity index (χ0v) is 15.8. The Hall–Kier alpha value is -2.37. The molecule has 27 heavy (non-hydrogen) atoms. The van der Waals surface area contributed by atoms with E-state index in [2.05, 4.69) is 16.7 Å². The zero-order valence-electron chi connectivity index (χ0n) is 15.8. The molecule has 0 radical (unpaired) electrons. The molecule has 2 N–H and O–H groups in total. The topological polar surface area (TPSA) is 78.5 Å². The number of benzene rings is 1. The van der Waals surface area contributed by atoms with Gasteiger partial charge in [-0.15, -0.1) is 0 Å². The molecule has 6 nitrogen and oxygen atoms in total. The van der Waals surface area contributed by atoms with E-state index in [1.807, 2.05) is 25.1 Å². The number of carbonyl (C=O) groups excluding carboxylic acids is 3. The van der Waals surface area contributed by atoms with E-state index in [1.165, 1.54) is 5.56 Å². The summed E-state index contributed by atoms with van der Waals surface area (Å²) in [5, 5.41) is 5.93. The van der Waals surface area contributed by atoms with Gasteiger partial charge in [-0.05, 0) is 49.1 Å². The lowest BCUT2D eigenvalue weighted by Crippen LogP contribution is -2.54. The van der Waals surface area contributed by atoms with Crippen molar-refractivity contribution in [1.29, 1.82) is 0 Å². The van der Waals surface area contributed by atoms with Crippen molar-refractivity contribution in [1.82, 2.24) is 15.5 Å². The van der Waals surface area contributed by atoms with E-state index in [0.717, 1.165) is 49.0 Å². The van der Waals surface area contributed by atoms with Crippen LogP contribution in [-0.2, 0) is 16.0 Å². The Kier molecular flexibility index (Phi) is 4.66. The van der Waals surface area contributed by atoms with Crippen molar-refractivity contribution in [2.24, 2.45) is 5.92 Å². The summed E-state index contributed by atoms with van der Waals surface area (Å²) in [6.07, 6.45) is 6.51. The predicted octanol–water partition coefficient (Wildman–Crippen LogP) is 2.68. The molecule has 1 saturated carbocycles. The Morgan fingerprint density at radius 3 is 2.85 bits per heavy atom. The van der Waals surface area contributed by atoms with Crippen molar-refractivity contribution in [2.45, 2.75) is 63.5 Å². The second-order valence-electron chi connectivity index (χ2n) is 8.15. The van der Waals surface area contributed by atoms with E-state index in [-0.39, 0.29) is 30.3 Å². The quantitative estimate of drug-likeness (QED) is 0.804. The third-order valence-corrected chi connectivity index (χ3v) is 6.51. The van der Waals surface area contributed by atoms with E-state index in [0.29, 0.717) is 6.42 Å². The highest BCUT2D eigenvalue weighted by molar-refractivity contribution is 6.09. The van der Waals surface area contributed by atoms with Crippen LogP contribution in [0.2, 0.25) is 0 Å². The van der Waals surface area contributed by atoms with E-state index in [1.54, 1.807) is 0 Å². The number of rotatable bonds is 3. The average Bonchev–Trinajstić information content (AvgIpc) is 2.89. The van der Waals surface area contributed by atoms with Crippen LogP contribution in [-0.4, -0.2) is 34.8 Å². The Balaban J connectivity index is 1.44. The standard InChI is InChI=1S/C21H27N3O3/c1-14-7-4-5-12-21(14)19(26)24(20(27)23-21)13-18(25)22-17-11-6-9-15-8-2-3-10-16(15)17/h2-3,8,10,14,17H,4-7,9,11-13H2,1H3,(H,22,25)(H,23,27)/t14-,17+,21+/m1/s1. The van der Waals surface area contributed by atoms with E-state index < -0.39 is 11.6 Å². The average molecular weight is 369 g/mol. The molecule has 6 heteroatoms. The first kappa shape index (κ1) is 18.0. The van der Waals surface area contributed by atoms with Gasteiger partial charge >= 0.3 is 6.03 Å². The number of nitrogens with zero attached hydrogens (tertiary/aromatic N) is 1. The molecule has 4 rings (SSSR count). The van der Waals surface area contributed by atoms with Gasteiger partial charge in [0.05, 0.1) is 6.04 Å². The number of hydrogen-bond acceptors (Lipinski definition) is 3. The van der Waals surface area contributed by atoms with Gasteiger partial charge in [0.2, 0.25) is 5.91 Å². The summed E-state index contributed by atoms with van der Waals surface area (Å²) in [6, 6.07) is 7.65. The van der Waals surface area contributed by atoms with Crippen molar-refractivity contribution >= 4 is 17.8 Å². The van der Waals surface area contributed by atoms with Crippen LogP contribution in [0.4, 0.5) is 4.79 Å². The number of fused-ring (bicyclic) bond motifs is 1. The molecule has 3 aliphatic rings. The molecule has 144 valence electrons. The molecule has 4 amide bonds. The summed E-state index contributed by atoms with van der Waals surface area (Å²) >= 11 is 0. The monoisotopic (exact) mass is 369 g/mol. The molecule has 1 aromatic rings. The second kappa shape index (κ2) is 6.98. The van der Waals surface area contributed by atoms with Crippen LogP contribution in [0, 0.1) is 5.92 Å². The molecule has 0 aromatic heterocycles. The summed E-state index contributed by atoms with van der Waals surface area (Å²) in [6.45, 7) is 1.80. The van der Waals surface area contributed by atoms with Crippen molar-refractivity contribution in [3.8, 4) is 0 Å². The number of nitrogens with one attached hydrogen (secondary N) is 2. The van der Waals surface area contributed by atoms with Crippen molar-refractivity contribution in [3.63, 3.8) is 0 Å². The summed E-state index contributed by atoms with van der Waals surface area (Å²) in [5.74, 6) is -0.416. The maximum Gasteiger partial charge on any atom is 0.325 e. The first-order valence-electron chi connectivity index (χ1n) is 10.0. The third-order valence-electron chi connectivity index (χ3n) is 6.51. The Labute approximate surface area is 159 Å². The third kappa shape index (κ3) is 3.11. The van der Waals surface area contributed by atoms with Gasteiger partial charge in [-0.25, -0.2) is 4.79 Å². The molecular weight excluding hydrogens is 342 g/mol. The molecular formula is C21H27N3O3. The lowest BCUT2D eigenvalue weighted by molar-refractivity contribution is -0.137. The van der Waals surface area contributed by atoms with Crippen LogP contribution in [0.3, 0.4) is 0 Å². The molecule has 1 heterocycles. The van der Waals surface area contributed by atoms with E-state index >= 15 is 0 Å². The lowest BCUT2D eigenvalue weighted by atomic mass is 9.73. The summed E-state index contributed by atoms with van der Waals surface area (Å²) in [4.78, 5) is 39.2. The van der Waals surface area contributed by atoms with Gasteiger partial charge in [0.15, 0.2) is 0 Å². The van der Waals surface area contributed by atoms with Gasteiger partial charge in [-0.1, -0.05) is 44.0 Å². The number of urea groups is 1. The van der Waals surface area contributed by atoms with Gasteiger partial charge in [0.1, 0.15) is 12.1 Å². The maximum absolute atomic E-state index is 13.0. The molecule has 1 saturated heterocycles. The highest BCUT2D eigenvalue weighted by Gasteiger charge is 2.55. The fourth-order valence-corrected chi connectivity index (χ4v) is 4.93. The zero-order chi connectivity index (χ0) is 19.0. The number of amides is 4. The van der Waals surface area contributed by atoms with Crippen LogP contribution >= 0.6 is 0 Å². The van der Waals surface area contributed by atoms with Gasteiger partial charge in [0.25, 0.3) is 5.91 Å². The van der Waals surface area contributed by atoms with Crippen LogP contribution in [0.1, 0.15) is 62.6 Å². The van der Waals surface area contributed by atoms with Crippen LogP contribution in [0.15, 0.2) is 24.3 Å². The van der Waals surface area contributed by atoms with Crippen molar-refractivity contribution in [2.75, 3.05) is 6.54 Å². The largest absolute Gasteiger partial charge is 0.348 e. The van der Waals surface area contributed by atoms with Crippen LogP contribution < -0.4 is 10.6 Å². The minimum absolute atomic E-state index is 0.0502. The van der Waals surface area contributed by atoms with Crippen LogP contribution in [0.5, 0.6) is 0 Å². The fourth-order valence-electron chi connectivity index (χ4n) is 4.93. The minimum atomic E-state index is -0.812. The number of aryl methyl sites for hydroxylation is 1. The molecule has 1 aliphatic heterocycles. The molecule has 0 bridgehead atoms. The minimum Gasteiger partial charge on any atom is -0.348 e. The molecule has 0 unspecified atom stereocenters.